The fourth-order valence-electron chi connectivity index (χ4n) is 1.34. The molecule has 2 aliphatic rings. The van der Waals surface area contributed by atoms with E-state index in [-0.39, 0.29) is 0 Å². The third kappa shape index (κ3) is 1.86. The van der Waals surface area contributed by atoms with Crippen molar-refractivity contribution in [3.63, 3.8) is 0 Å². The molecule has 0 N–H and O–H groups in total. The minimum absolute atomic E-state index is 0.474. The van der Waals surface area contributed by atoms with Crippen LogP contribution in [-0.2, 0) is 7.05 Å². The van der Waals surface area contributed by atoms with Gasteiger partial charge >= 0.3 is 0 Å². The van der Waals surface area contributed by atoms with Crippen LogP contribution in [0.4, 0.5) is 0 Å². The average molecular weight is 210 g/mol. The van der Waals surface area contributed by atoms with E-state index >= 15 is 0 Å². The van der Waals surface area contributed by atoms with Gasteiger partial charge in [-0.25, -0.2) is 4.98 Å². The van der Waals surface area contributed by atoms with E-state index in [0.29, 0.717) is 17.8 Å². The number of benzene rings is 1. The van der Waals surface area contributed by atoms with Crippen molar-refractivity contribution in [1.82, 2.24) is 9.55 Å². The third-order valence-corrected chi connectivity index (χ3v) is 2.39. The Morgan fingerprint density at radius 1 is 1.44 bits per heavy atom. The lowest BCUT2D eigenvalue weighted by atomic mass is 10.5. The number of carbonyl (C=O) groups excluding carboxylic acids is 1. The van der Waals surface area contributed by atoms with Crippen LogP contribution in [0.3, 0.4) is 0 Å². The summed E-state index contributed by atoms with van der Waals surface area (Å²) in [6.45, 7) is 0. The van der Waals surface area contributed by atoms with Crippen LogP contribution in [0.2, 0.25) is 0 Å². The van der Waals surface area contributed by atoms with E-state index in [2.05, 4.69) is 35.2 Å². The molecule has 0 saturated heterocycles. The molecule has 0 aromatic carbocycles. The van der Waals surface area contributed by atoms with Crippen LogP contribution in [0.1, 0.15) is 16.3 Å². The Labute approximate surface area is 93.7 Å². The number of nitrogens with zero attached hydrogens (tertiary/aromatic N) is 2. The summed E-state index contributed by atoms with van der Waals surface area (Å²) in [6, 6.07) is 8.48. The largest absolute Gasteiger partial charge is 0.318 e. The van der Waals surface area contributed by atoms with Gasteiger partial charge < -0.3 is 4.57 Å². The van der Waals surface area contributed by atoms with E-state index in [1.165, 1.54) is 17.3 Å². The molecule has 0 spiro atoms. The lowest BCUT2D eigenvalue weighted by Crippen LogP contribution is -1.96. The van der Waals surface area contributed by atoms with E-state index in [0.717, 1.165) is 0 Å². The first-order valence-corrected chi connectivity index (χ1v) is 4.80. The molecular formula is C13H10N2O. The molecule has 3 rings (SSSR count). The van der Waals surface area contributed by atoms with Gasteiger partial charge in [-0.05, 0) is 23.1 Å². The normalized spacial score (nSPS) is 9.75. The zero-order chi connectivity index (χ0) is 11.5. The molecule has 16 heavy (non-hydrogen) atoms. The Bertz CT molecular complexity index is 559. The van der Waals surface area contributed by atoms with Crippen molar-refractivity contribution in [3.8, 4) is 23.5 Å². The predicted octanol–water partition coefficient (Wildman–Crippen LogP) is 1.88. The zero-order valence-corrected chi connectivity index (χ0v) is 8.84. The Morgan fingerprint density at radius 2 is 2.12 bits per heavy atom. The second-order valence-electron chi connectivity index (χ2n) is 3.41. The Hall–Kier alpha value is -2.34. The number of terminal acetylenes is 1. The quantitative estimate of drug-likeness (QED) is 0.454. The lowest BCUT2D eigenvalue weighted by Gasteiger charge is -1.92. The molecule has 0 bridgehead atoms. The summed E-state index contributed by atoms with van der Waals surface area (Å²) >= 11 is 0. The molecule has 0 saturated carbocycles. The molecule has 0 unspecified atom stereocenters. The number of imidazole rings is 1. The van der Waals surface area contributed by atoms with Crippen LogP contribution >= 0.6 is 0 Å². The molecular weight excluding hydrogens is 200 g/mol. The molecule has 1 aromatic heterocycles. The highest BCUT2D eigenvalue weighted by molar-refractivity contribution is 5.80. The third-order valence-electron chi connectivity index (χ3n) is 2.39. The van der Waals surface area contributed by atoms with Crippen LogP contribution in [0.5, 0.6) is 0 Å². The second kappa shape index (κ2) is 4.03. The van der Waals surface area contributed by atoms with Gasteiger partial charge in [0.25, 0.3) is 0 Å². The fraction of sp³-hybridized carbons (Fsp3) is 0.0769. The fourth-order valence-corrected chi connectivity index (χ4v) is 1.34. The highest BCUT2D eigenvalue weighted by Crippen LogP contribution is 2.32. The monoisotopic (exact) mass is 210 g/mol. The van der Waals surface area contributed by atoms with Crippen molar-refractivity contribution in [1.29, 1.82) is 0 Å². The summed E-state index contributed by atoms with van der Waals surface area (Å²) in [7, 11) is 1.70. The first-order valence-electron chi connectivity index (χ1n) is 4.80. The lowest BCUT2D eigenvalue weighted by molar-refractivity contribution is 0.111. The number of carbonyl (C=O) groups is 1. The zero-order valence-electron chi connectivity index (χ0n) is 8.84. The van der Waals surface area contributed by atoms with Crippen LogP contribution < -0.4 is 0 Å². The van der Waals surface area contributed by atoms with Crippen LogP contribution in [0, 0.1) is 12.3 Å². The summed E-state index contributed by atoms with van der Waals surface area (Å²) in [6.07, 6.45) is 7.23. The molecule has 78 valence electrons. The highest BCUT2D eigenvalue weighted by atomic mass is 16.1. The Morgan fingerprint density at radius 3 is 2.38 bits per heavy atom. The standard InChI is InChI=1S/C7H6N2O.C6H4/c1-3-7-8-4-6(5-10)9(7)2;1-2-5-4-6(5)3-1/h1,4-5H,2H3;1-4H. The molecule has 2 aliphatic carbocycles. The maximum Gasteiger partial charge on any atom is 0.185 e. The van der Waals surface area contributed by atoms with Crippen LogP contribution in [0.15, 0.2) is 30.5 Å². The molecule has 0 amide bonds. The number of hydrogen-bond donors (Lipinski definition) is 0. The number of rotatable bonds is 1. The summed E-state index contributed by atoms with van der Waals surface area (Å²) in [5.74, 6) is 2.82. The van der Waals surface area contributed by atoms with Crippen molar-refractivity contribution < 1.29 is 4.79 Å². The van der Waals surface area contributed by atoms with Gasteiger partial charge in [0.2, 0.25) is 0 Å². The Kier molecular flexibility index (Phi) is 2.57. The van der Waals surface area contributed by atoms with Crippen LogP contribution in [-0.4, -0.2) is 15.8 Å². The topological polar surface area (TPSA) is 34.9 Å². The number of aldehydes is 1. The van der Waals surface area contributed by atoms with Gasteiger partial charge in [0.1, 0.15) is 5.69 Å². The smallest absolute Gasteiger partial charge is 0.185 e. The molecule has 3 nitrogen and oxygen atoms in total. The summed E-state index contributed by atoms with van der Waals surface area (Å²) < 4.78 is 1.56. The van der Waals surface area contributed by atoms with E-state index in [1.807, 2.05) is 0 Å². The average Bonchev–Trinajstić information content (AvgIpc) is 2.75. The minimum atomic E-state index is 0.474. The van der Waals surface area contributed by atoms with Gasteiger partial charge in [0.15, 0.2) is 12.1 Å². The molecule has 0 aliphatic heterocycles. The van der Waals surface area contributed by atoms with Crippen LogP contribution in [0.25, 0.3) is 11.1 Å². The number of aromatic nitrogens is 2. The van der Waals surface area contributed by atoms with E-state index in [9.17, 15) is 4.79 Å². The molecule has 0 atom stereocenters. The second-order valence-corrected chi connectivity index (χ2v) is 3.41. The van der Waals surface area contributed by atoms with Gasteiger partial charge in [0, 0.05) is 7.05 Å². The minimum Gasteiger partial charge on any atom is -0.318 e. The SMILES string of the molecule is C#Cc1ncc(C=O)n1C.c1cc2cc-2c1. The molecule has 1 aromatic rings. The maximum atomic E-state index is 10.2. The molecule has 3 heteroatoms. The van der Waals surface area contributed by atoms with Gasteiger partial charge in [-0.15, -0.1) is 6.42 Å². The van der Waals surface area contributed by atoms with Crippen molar-refractivity contribution in [3.05, 3.63) is 42.0 Å². The van der Waals surface area contributed by atoms with Crippen molar-refractivity contribution >= 4 is 6.29 Å². The van der Waals surface area contributed by atoms with Gasteiger partial charge in [-0.2, -0.15) is 0 Å². The Balaban J connectivity index is 0.000000134. The molecule has 0 radical (unpaired) electrons. The summed E-state index contributed by atoms with van der Waals surface area (Å²) in [5.41, 5.74) is 3.35. The summed E-state index contributed by atoms with van der Waals surface area (Å²) in [4.78, 5) is 14.0. The van der Waals surface area contributed by atoms with Crippen molar-refractivity contribution in [2.24, 2.45) is 7.05 Å². The van der Waals surface area contributed by atoms with E-state index < -0.39 is 0 Å². The first kappa shape index (κ1) is 10.2. The maximum absolute atomic E-state index is 10.2. The molecule has 0 fully saturated rings. The number of fused-ring (bicyclic) bond motifs is 1. The predicted molar refractivity (Wildman–Crippen MR) is 62.0 cm³/mol. The number of hydrogen-bond acceptors (Lipinski definition) is 2. The van der Waals surface area contributed by atoms with Gasteiger partial charge in [0.05, 0.1) is 6.20 Å². The van der Waals surface area contributed by atoms with Crippen molar-refractivity contribution in [2.75, 3.05) is 0 Å². The molecule has 1 heterocycles. The van der Waals surface area contributed by atoms with E-state index in [4.69, 9.17) is 6.42 Å². The summed E-state index contributed by atoms with van der Waals surface area (Å²) in [5, 5.41) is 0. The van der Waals surface area contributed by atoms with E-state index in [1.54, 1.807) is 11.6 Å². The van der Waals surface area contributed by atoms with Crippen molar-refractivity contribution in [2.45, 2.75) is 0 Å². The van der Waals surface area contributed by atoms with Gasteiger partial charge in [-0.3, -0.25) is 4.79 Å². The first-order chi connectivity index (χ1) is 7.76. The highest BCUT2D eigenvalue weighted by Gasteiger charge is 2.07. The van der Waals surface area contributed by atoms with Gasteiger partial charge in [-0.1, -0.05) is 18.2 Å².